The second-order valence-electron chi connectivity index (χ2n) is 3.71. The average Bonchev–Trinajstić information content (AvgIpc) is 2.88. The van der Waals surface area contributed by atoms with Crippen molar-refractivity contribution in [3.63, 3.8) is 0 Å². The Hall–Kier alpha value is -2.22. The number of nitrogens with zero attached hydrogens (tertiary/aromatic N) is 2. The van der Waals surface area contributed by atoms with E-state index in [4.69, 9.17) is 0 Å². The van der Waals surface area contributed by atoms with Gasteiger partial charge in [0.1, 0.15) is 0 Å². The Morgan fingerprint density at radius 3 is 2.89 bits per heavy atom. The zero-order valence-electron chi connectivity index (χ0n) is 9.59. The van der Waals surface area contributed by atoms with E-state index in [1.54, 1.807) is 6.20 Å². The highest BCUT2D eigenvalue weighted by Crippen LogP contribution is 2.21. The van der Waals surface area contributed by atoms with Crippen molar-refractivity contribution in [1.29, 1.82) is 0 Å². The van der Waals surface area contributed by atoms with E-state index in [-0.39, 0.29) is 23.7 Å². The third-order valence-electron chi connectivity index (χ3n) is 2.35. The molecule has 0 aliphatic heterocycles. The molecule has 0 aliphatic rings. The summed E-state index contributed by atoms with van der Waals surface area (Å²) in [5.41, 5.74) is 0.833. The van der Waals surface area contributed by atoms with Crippen LogP contribution in [0.15, 0.2) is 35.2 Å². The molecule has 0 fully saturated rings. The molecule has 2 N–H and O–H groups in total. The third-order valence-corrected chi connectivity index (χ3v) is 2.81. The van der Waals surface area contributed by atoms with E-state index in [1.165, 1.54) is 24.5 Å². The van der Waals surface area contributed by atoms with Crippen molar-refractivity contribution in [3.05, 3.63) is 56.6 Å². The molecule has 7 nitrogen and oxygen atoms in total. The van der Waals surface area contributed by atoms with Crippen LogP contribution in [-0.4, -0.2) is 20.8 Å². The molecule has 0 bridgehead atoms. The molecule has 0 saturated heterocycles. The second kappa shape index (κ2) is 5.61. The first-order chi connectivity index (χ1) is 9.06. The van der Waals surface area contributed by atoms with E-state index in [0.717, 1.165) is 5.69 Å². The summed E-state index contributed by atoms with van der Waals surface area (Å²) in [6.45, 7) is 0.277. The molecule has 0 unspecified atom stereocenters. The number of carbonyl (C=O) groups excluding carboxylic acids is 1. The largest absolute Gasteiger partial charge is 0.347 e. The number of halogens is 1. The number of H-pyrrole nitrogens is 1. The van der Waals surface area contributed by atoms with Crippen LogP contribution in [-0.2, 0) is 6.54 Å². The van der Waals surface area contributed by atoms with Crippen molar-refractivity contribution in [2.75, 3.05) is 0 Å². The number of rotatable bonds is 4. The van der Waals surface area contributed by atoms with Crippen molar-refractivity contribution < 1.29 is 9.72 Å². The molecule has 0 aliphatic carbocycles. The highest BCUT2D eigenvalue weighted by atomic mass is 79.9. The number of nitro benzene ring substituents is 1. The number of nitrogens with one attached hydrogen (secondary N) is 2. The number of carbonyl (C=O) groups is 1. The number of hydrogen-bond acceptors (Lipinski definition) is 4. The third kappa shape index (κ3) is 3.38. The van der Waals surface area contributed by atoms with Crippen molar-refractivity contribution >= 4 is 27.5 Å². The predicted octanol–water partition coefficient (Wildman–Crippen LogP) is 2.01. The Morgan fingerprint density at radius 2 is 2.26 bits per heavy atom. The van der Waals surface area contributed by atoms with Gasteiger partial charge in [-0.1, -0.05) is 15.9 Å². The fourth-order valence-electron chi connectivity index (χ4n) is 1.47. The van der Waals surface area contributed by atoms with E-state index < -0.39 is 4.92 Å². The molecular formula is C11H9BrN4O3. The van der Waals surface area contributed by atoms with E-state index >= 15 is 0 Å². The summed E-state index contributed by atoms with van der Waals surface area (Å²) < 4.78 is 0.480. The summed E-state index contributed by atoms with van der Waals surface area (Å²) in [7, 11) is 0. The molecule has 0 radical (unpaired) electrons. The van der Waals surface area contributed by atoms with Crippen molar-refractivity contribution in [1.82, 2.24) is 15.3 Å². The van der Waals surface area contributed by atoms with E-state index in [0.29, 0.717) is 4.47 Å². The Balaban J connectivity index is 2.12. The fourth-order valence-corrected chi connectivity index (χ4v) is 1.95. The molecule has 1 aromatic carbocycles. The first kappa shape index (κ1) is 13.2. The first-order valence-corrected chi connectivity index (χ1v) is 6.06. The average molecular weight is 325 g/mol. The highest BCUT2D eigenvalue weighted by Gasteiger charge is 2.13. The zero-order valence-corrected chi connectivity index (χ0v) is 11.2. The molecule has 8 heteroatoms. The van der Waals surface area contributed by atoms with Gasteiger partial charge in [-0.25, -0.2) is 4.98 Å². The lowest BCUT2D eigenvalue weighted by Gasteiger charge is -2.04. The van der Waals surface area contributed by atoms with Crippen LogP contribution in [0.1, 0.15) is 16.1 Å². The summed E-state index contributed by atoms with van der Waals surface area (Å²) in [6, 6.07) is 4.09. The molecule has 2 rings (SSSR count). The Labute approximate surface area is 116 Å². The Bertz CT molecular complexity index is 612. The van der Waals surface area contributed by atoms with Gasteiger partial charge in [-0.3, -0.25) is 14.9 Å². The molecule has 0 atom stereocenters. The second-order valence-corrected chi connectivity index (χ2v) is 4.63. The van der Waals surface area contributed by atoms with Crippen molar-refractivity contribution in [3.8, 4) is 0 Å². The highest BCUT2D eigenvalue weighted by molar-refractivity contribution is 9.10. The minimum atomic E-state index is -0.545. The van der Waals surface area contributed by atoms with Gasteiger partial charge in [0.25, 0.3) is 11.6 Å². The number of benzene rings is 1. The standard InChI is InChI=1S/C11H9BrN4O3/c12-8-1-7(2-10(3-8)16(18)19)11(17)14-5-9-4-13-6-15-9/h1-4,6H,5H2,(H,13,15)(H,14,17). The number of nitro groups is 1. The molecule has 0 spiro atoms. The predicted molar refractivity (Wildman–Crippen MR) is 70.6 cm³/mol. The van der Waals surface area contributed by atoms with Gasteiger partial charge < -0.3 is 10.3 Å². The van der Waals surface area contributed by atoms with Crippen LogP contribution >= 0.6 is 15.9 Å². The molecule has 19 heavy (non-hydrogen) atoms. The van der Waals surface area contributed by atoms with Gasteiger partial charge in [0.2, 0.25) is 0 Å². The smallest absolute Gasteiger partial charge is 0.271 e. The lowest BCUT2D eigenvalue weighted by Crippen LogP contribution is -2.23. The maximum atomic E-state index is 11.9. The summed E-state index contributed by atoms with van der Waals surface area (Å²) in [6.07, 6.45) is 3.09. The van der Waals surface area contributed by atoms with Gasteiger partial charge in [0.15, 0.2) is 0 Å². The van der Waals surface area contributed by atoms with Crippen molar-refractivity contribution in [2.45, 2.75) is 6.54 Å². The summed E-state index contributed by atoms with van der Waals surface area (Å²) in [5.74, 6) is -0.390. The van der Waals surface area contributed by atoms with Gasteiger partial charge in [0, 0.05) is 28.4 Å². The molecule has 2 aromatic rings. The number of imidazole rings is 1. The van der Waals surface area contributed by atoms with E-state index in [2.05, 4.69) is 31.2 Å². The summed E-state index contributed by atoms with van der Waals surface area (Å²) >= 11 is 3.14. The van der Waals surface area contributed by atoms with Gasteiger partial charge in [0.05, 0.1) is 23.5 Å². The fraction of sp³-hybridized carbons (Fsp3) is 0.0909. The molecule has 98 valence electrons. The summed E-state index contributed by atoms with van der Waals surface area (Å²) in [5, 5.41) is 13.4. The Morgan fingerprint density at radius 1 is 1.47 bits per heavy atom. The minimum Gasteiger partial charge on any atom is -0.347 e. The van der Waals surface area contributed by atoms with Crippen LogP contribution in [0.4, 0.5) is 5.69 Å². The minimum absolute atomic E-state index is 0.138. The summed E-state index contributed by atoms with van der Waals surface area (Å²) in [4.78, 5) is 28.7. The quantitative estimate of drug-likeness (QED) is 0.663. The van der Waals surface area contributed by atoms with Crippen LogP contribution in [0.2, 0.25) is 0 Å². The van der Waals surface area contributed by atoms with Gasteiger partial charge in [-0.05, 0) is 6.07 Å². The molecule has 0 saturated carbocycles. The first-order valence-electron chi connectivity index (χ1n) is 5.26. The lowest BCUT2D eigenvalue weighted by molar-refractivity contribution is -0.385. The topological polar surface area (TPSA) is 101 Å². The maximum absolute atomic E-state index is 11.9. The SMILES string of the molecule is O=C(NCc1cnc[nH]1)c1cc(Br)cc([N+](=O)[O-])c1. The molecule has 1 heterocycles. The molecule has 1 aromatic heterocycles. The van der Waals surface area contributed by atoms with E-state index in [9.17, 15) is 14.9 Å². The van der Waals surface area contributed by atoms with Crippen LogP contribution < -0.4 is 5.32 Å². The number of amides is 1. The van der Waals surface area contributed by atoms with Gasteiger partial charge in [-0.15, -0.1) is 0 Å². The van der Waals surface area contributed by atoms with Gasteiger partial charge >= 0.3 is 0 Å². The van der Waals surface area contributed by atoms with E-state index in [1.807, 2.05) is 0 Å². The molecule has 1 amide bonds. The normalized spacial score (nSPS) is 10.2. The maximum Gasteiger partial charge on any atom is 0.271 e. The van der Waals surface area contributed by atoms with Crippen molar-refractivity contribution in [2.24, 2.45) is 0 Å². The number of non-ortho nitro benzene ring substituents is 1. The van der Waals surface area contributed by atoms with Crippen LogP contribution in [0.25, 0.3) is 0 Å². The van der Waals surface area contributed by atoms with Crippen LogP contribution in [0.3, 0.4) is 0 Å². The monoisotopic (exact) mass is 324 g/mol. The number of aromatic amines is 1. The number of aromatic nitrogens is 2. The number of hydrogen-bond donors (Lipinski definition) is 2. The van der Waals surface area contributed by atoms with Gasteiger partial charge in [-0.2, -0.15) is 0 Å². The van der Waals surface area contributed by atoms with Crippen LogP contribution in [0, 0.1) is 10.1 Å². The lowest BCUT2D eigenvalue weighted by atomic mass is 10.2. The zero-order chi connectivity index (χ0) is 13.8. The Kier molecular flexibility index (Phi) is 3.91. The van der Waals surface area contributed by atoms with Crippen LogP contribution in [0.5, 0.6) is 0 Å². The molecular weight excluding hydrogens is 316 g/mol.